The Morgan fingerprint density at radius 3 is 2.52 bits per heavy atom. The van der Waals surface area contributed by atoms with Crippen molar-refractivity contribution in [3.05, 3.63) is 72.5 Å². The molecule has 4 nitrogen and oxygen atoms in total. The summed E-state index contributed by atoms with van der Waals surface area (Å²) in [6.07, 6.45) is -0.316. The molecule has 3 rings (SSSR count). The fourth-order valence-corrected chi connectivity index (χ4v) is 2.79. The second-order valence-corrected chi connectivity index (χ2v) is 6.06. The summed E-state index contributed by atoms with van der Waals surface area (Å²) in [4.78, 5) is 12.3. The summed E-state index contributed by atoms with van der Waals surface area (Å²) in [6.45, 7) is 2.48. The van der Waals surface area contributed by atoms with Gasteiger partial charge in [-0.25, -0.2) is 4.39 Å². The van der Waals surface area contributed by atoms with E-state index < -0.39 is 11.9 Å². The van der Waals surface area contributed by atoms with Crippen LogP contribution in [0.1, 0.15) is 13.3 Å². The maximum atomic E-state index is 13.7. The molecule has 3 aromatic rings. The standard InChI is InChI=1S/C22H22FNO3/c1-2-19(27-21-12-6-5-11-18(21)23)22(25)24-14-15-26-20-13-7-9-16-8-3-4-10-17(16)20/h3-13,19H,2,14-15H2,1H3,(H,24,25)/t19-/m0/s1. The van der Waals surface area contributed by atoms with Crippen LogP contribution >= 0.6 is 0 Å². The average molecular weight is 367 g/mol. The Kier molecular flexibility index (Phi) is 6.26. The molecule has 0 aliphatic carbocycles. The van der Waals surface area contributed by atoms with Crippen molar-refractivity contribution >= 4 is 16.7 Å². The number of fused-ring (bicyclic) bond motifs is 1. The van der Waals surface area contributed by atoms with Gasteiger partial charge >= 0.3 is 0 Å². The van der Waals surface area contributed by atoms with Gasteiger partial charge in [0, 0.05) is 5.39 Å². The number of para-hydroxylation sites is 1. The second-order valence-electron chi connectivity index (χ2n) is 6.06. The second kappa shape index (κ2) is 9.03. The Labute approximate surface area is 157 Å². The van der Waals surface area contributed by atoms with Crippen LogP contribution in [0.2, 0.25) is 0 Å². The lowest BCUT2D eigenvalue weighted by Gasteiger charge is -2.18. The Hall–Kier alpha value is -3.08. The van der Waals surface area contributed by atoms with Gasteiger partial charge in [-0.15, -0.1) is 0 Å². The molecule has 0 aliphatic heterocycles. The maximum Gasteiger partial charge on any atom is 0.261 e. The largest absolute Gasteiger partial charge is 0.491 e. The summed E-state index contributed by atoms with van der Waals surface area (Å²) >= 11 is 0. The Morgan fingerprint density at radius 1 is 1.00 bits per heavy atom. The normalized spacial score (nSPS) is 11.8. The zero-order valence-corrected chi connectivity index (χ0v) is 15.2. The van der Waals surface area contributed by atoms with Crippen LogP contribution in [0, 0.1) is 5.82 Å². The summed E-state index contributed by atoms with van der Waals surface area (Å²) in [5, 5.41) is 4.91. The molecule has 0 aromatic heterocycles. The fraction of sp³-hybridized carbons (Fsp3) is 0.227. The first-order valence-corrected chi connectivity index (χ1v) is 8.98. The Bertz CT molecular complexity index is 907. The lowest BCUT2D eigenvalue weighted by Crippen LogP contribution is -2.39. The fourth-order valence-electron chi connectivity index (χ4n) is 2.79. The van der Waals surface area contributed by atoms with Crippen LogP contribution in [0.3, 0.4) is 0 Å². The van der Waals surface area contributed by atoms with Crippen LogP contribution < -0.4 is 14.8 Å². The van der Waals surface area contributed by atoms with Crippen molar-refractivity contribution in [2.24, 2.45) is 0 Å². The minimum Gasteiger partial charge on any atom is -0.491 e. The topological polar surface area (TPSA) is 47.6 Å². The molecule has 0 saturated heterocycles. The van der Waals surface area contributed by atoms with E-state index in [0.717, 1.165) is 16.5 Å². The number of carbonyl (C=O) groups excluding carboxylic acids is 1. The van der Waals surface area contributed by atoms with Crippen molar-refractivity contribution in [1.29, 1.82) is 0 Å². The predicted octanol–water partition coefficient (Wildman–Crippen LogP) is 4.33. The van der Waals surface area contributed by atoms with Crippen LogP contribution in [0.5, 0.6) is 11.5 Å². The number of benzene rings is 3. The van der Waals surface area contributed by atoms with Gasteiger partial charge < -0.3 is 14.8 Å². The van der Waals surface area contributed by atoms with Gasteiger partial charge in [0.1, 0.15) is 12.4 Å². The number of hydrogen-bond acceptors (Lipinski definition) is 3. The quantitative estimate of drug-likeness (QED) is 0.603. The average Bonchev–Trinajstić information content (AvgIpc) is 2.70. The molecule has 140 valence electrons. The molecule has 0 aliphatic rings. The Morgan fingerprint density at radius 2 is 1.70 bits per heavy atom. The van der Waals surface area contributed by atoms with Crippen molar-refractivity contribution in [3.8, 4) is 11.5 Å². The van der Waals surface area contributed by atoms with Crippen molar-refractivity contribution < 1.29 is 18.7 Å². The molecule has 5 heteroatoms. The number of ether oxygens (including phenoxy) is 2. The first-order chi connectivity index (χ1) is 13.2. The highest BCUT2D eigenvalue weighted by atomic mass is 19.1. The minimum atomic E-state index is -0.751. The SMILES string of the molecule is CC[C@H](Oc1ccccc1F)C(=O)NCCOc1cccc2ccccc12. The van der Waals surface area contributed by atoms with E-state index >= 15 is 0 Å². The number of carbonyl (C=O) groups is 1. The van der Waals surface area contributed by atoms with Gasteiger partial charge in [-0.2, -0.15) is 0 Å². The zero-order valence-electron chi connectivity index (χ0n) is 15.2. The molecule has 0 saturated carbocycles. The molecule has 0 heterocycles. The number of nitrogens with one attached hydrogen (secondary N) is 1. The van der Waals surface area contributed by atoms with Crippen LogP contribution in [-0.2, 0) is 4.79 Å². The van der Waals surface area contributed by atoms with Crippen molar-refractivity contribution in [2.45, 2.75) is 19.4 Å². The van der Waals surface area contributed by atoms with Gasteiger partial charge in [-0.1, -0.05) is 55.5 Å². The third-order valence-electron chi connectivity index (χ3n) is 4.18. The molecular weight excluding hydrogens is 345 g/mol. The van der Waals surface area contributed by atoms with Crippen LogP contribution in [0.15, 0.2) is 66.7 Å². The van der Waals surface area contributed by atoms with E-state index in [-0.39, 0.29) is 11.7 Å². The lowest BCUT2D eigenvalue weighted by molar-refractivity contribution is -0.128. The number of halogens is 1. The van der Waals surface area contributed by atoms with Crippen LogP contribution in [-0.4, -0.2) is 25.2 Å². The first kappa shape index (κ1) is 18.7. The highest BCUT2D eigenvalue weighted by Crippen LogP contribution is 2.25. The third kappa shape index (κ3) is 4.76. The molecule has 1 atom stereocenters. The van der Waals surface area contributed by atoms with Gasteiger partial charge in [0.05, 0.1) is 6.54 Å². The van der Waals surface area contributed by atoms with Crippen molar-refractivity contribution in [1.82, 2.24) is 5.32 Å². The van der Waals surface area contributed by atoms with Crippen LogP contribution in [0.4, 0.5) is 4.39 Å². The molecule has 27 heavy (non-hydrogen) atoms. The van der Waals surface area contributed by atoms with Gasteiger partial charge in [0.15, 0.2) is 17.7 Å². The molecule has 0 spiro atoms. The van der Waals surface area contributed by atoms with Gasteiger partial charge in [-0.05, 0) is 30.0 Å². The minimum absolute atomic E-state index is 0.0755. The van der Waals surface area contributed by atoms with E-state index in [0.29, 0.717) is 19.6 Å². The number of rotatable bonds is 8. The monoisotopic (exact) mass is 367 g/mol. The molecule has 0 radical (unpaired) electrons. The van der Waals surface area contributed by atoms with Crippen LogP contribution in [0.25, 0.3) is 10.8 Å². The smallest absolute Gasteiger partial charge is 0.261 e. The van der Waals surface area contributed by atoms with Gasteiger partial charge in [-0.3, -0.25) is 4.79 Å². The first-order valence-electron chi connectivity index (χ1n) is 8.98. The molecule has 1 N–H and O–H groups in total. The predicted molar refractivity (Wildman–Crippen MR) is 104 cm³/mol. The maximum absolute atomic E-state index is 13.7. The summed E-state index contributed by atoms with van der Waals surface area (Å²) < 4.78 is 25.0. The number of amides is 1. The third-order valence-corrected chi connectivity index (χ3v) is 4.18. The molecule has 1 amide bonds. The van der Waals surface area contributed by atoms with E-state index in [1.165, 1.54) is 12.1 Å². The highest BCUT2D eigenvalue weighted by Gasteiger charge is 2.19. The van der Waals surface area contributed by atoms with E-state index in [4.69, 9.17) is 9.47 Å². The van der Waals surface area contributed by atoms with E-state index in [9.17, 15) is 9.18 Å². The zero-order chi connectivity index (χ0) is 19.1. The van der Waals surface area contributed by atoms with Crippen molar-refractivity contribution in [2.75, 3.05) is 13.2 Å². The molecular formula is C22H22FNO3. The summed E-state index contributed by atoms with van der Waals surface area (Å²) in [5.41, 5.74) is 0. The van der Waals surface area contributed by atoms with E-state index in [2.05, 4.69) is 5.32 Å². The highest BCUT2D eigenvalue weighted by molar-refractivity contribution is 5.88. The summed E-state index contributed by atoms with van der Waals surface area (Å²) in [6, 6.07) is 19.9. The van der Waals surface area contributed by atoms with E-state index in [1.807, 2.05) is 49.4 Å². The summed E-state index contributed by atoms with van der Waals surface area (Å²) in [5.74, 6) is 0.0776. The molecule has 3 aromatic carbocycles. The molecule has 0 bridgehead atoms. The van der Waals surface area contributed by atoms with Gasteiger partial charge in [0.2, 0.25) is 0 Å². The summed E-state index contributed by atoms with van der Waals surface area (Å²) in [7, 11) is 0. The Balaban J connectivity index is 1.51. The molecule has 0 fully saturated rings. The lowest BCUT2D eigenvalue weighted by atomic mass is 10.1. The van der Waals surface area contributed by atoms with Gasteiger partial charge in [0.25, 0.3) is 5.91 Å². The number of hydrogen-bond donors (Lipinski definition) is 1. The van der Waals surface area contributed by atoms with Crippen molar-refractivity contribution in [3.63, 3.8) is 0 Å². The molecule has 0 unspecified atom stereocenters. The van der Waals surface area contributed by atoms with E-state index in [1.54, 1.807) is 12.1 Å².